The van der Waals surface area contributed by atoms with Crippen molar-refractivity contribution in [2.24, 2.45) is 5.92 Å². The Morgan fingerprint density at radius 3 is 2.53 bits per heavy atom. The van der Waals surface area contributed by atoms with Crippen molar-refractivity contribution in [3.05, 3.63) is 48.2 Å². The summed E-state index contributed by atoms with van der Waals surface area (Å²) in [5, 5.41) is 0. The first-order valence-corrected chi connectivity index (χ1v) is 5.24. The molecular weight excluding hydrogens is 218 g/mol. The van der Waals surface area contributed by atoms with Gasteiger partial charge in [-0.1, -0.05) is 30.3 Å². The lowest BCUT2D eigenvalue weighted by Gasteiger charge is -2.24. The van der Waals surface area contributed by atoms with Crippen molar-refractivity contribution in [3.63, 3.8) is 0 Å². The monoisotopic (exact) mass is 229 g/mol. The first-order valence-electron chi connectivity index (χ1n) is 5.24. The van der Waals surface area contributed by atoms with Crippen LogP contribution >= 0.6 is 0 Å². The highest BCUT2D eigenvalue weighted by molar-refractivity contribution is 6.18. The molecule has 1 aromatic rings. The number of carbonyl (C=O) groups excluding carboxylic acids is 3. The van der Waals surface area contributed by atoms with Crippen LogP contribution in [0.5, 0.6) is 0 Å². The Labute approximate surface area is 98.5 Å². The third kappa shape index (κ3) is 2.30. The lowest BCUT2D eigenvalue weighted by Crippen LogP contribution is -2.39. The molecule has 0 aromatic heterocycles. The summed E-state index contributed by atoms with van der Waals surface area (Å²) in [4.78, 5) is 35.1. The summed E-state index contributed by atoms with van der Waals surface area (Å²) in [5.74, 6) is -2.09. The zero-order valence-electron chi connectivity index (χ0n) is 9.08. The van der Waals surface area contributed by atoms with E-state index < -0.39 is 17.6 Å². The molecule has 2 rings (SSSR count). The summed E-state index contributed by atoms with van der Waals surface area (Å²) in [6.07, 6.45) is 3.09. The van der Waals surface area contributed by atoms with Gasteiger partial charge in [-0.2, -0.15) is 0 Å². The van der Waals surface area contributed by atoms with E-state index in [4.69, 9.17) is 0 Å². The highest BCUT2D eigenvalue weighted by atomic mass is 16.2. The quantitative estimate of drug-likeness (QED) is 0.572. The number of hydrogen-bond acceptors (Lipinski definition) is 3. The standard InChI is InChI=1S/C13H11NO3/c15-9-11-12(16)6-7-14(13(11)17)8-10-4-2-1-3-5-10/h1-7,9,11H,8H2. The molecule has 0 saturated carbocycles. The third-order valence-electron chi connectivity index (χ3n) is 2.61. The second-order valence-corrected chi connectivity index (χ2v) is 3.78. The molecule has 1 amide bonds. The summed E-state index contributed by atoms with van der Waals surface area (Å²) in [6, 6.07) is 9.39. The molecule has 4 heteroatoms. The van der Waals surface area contributed by atoms with Gasteiger partial charge in [-0.25, -0.2) is 0 Å². The maximum absolute atomic E-state index is 11.8. The lowest BCUT2D eigenvalue weighted by molar-refractivity contribution is -0.141. The molecule has 0 fully saturated rings. The van der Waals surface area contributed by atoms with Gasteiger partial charge in [-0.05, 0) is 11.6 Å². The first-order chi connectivity index (χ1) is 8.22. The van der Waals surface area contributed by atoms with Crippen molar-refractivity contribution >= 4 is 18.0 Å². The molecule has 1 aliphatic rings. The highest BCUT2D eigenvalue weighted by Gasteiger charge is 2.31. The number of allylic oxidation sites excluding steroid dienone is 1. The van der Waals surface area contributed by atoms with E-state index in [-0.39, 0.29) is 0 Å². The molecule has 0 saturated heterocycles. The van der Waals surface area contributed by atoms with Gasteiger partial charge in [0, 0.05) is 6.20 Å². The van der Waals surface area contributed by atoms with E-state index in [1.807, 2.05) is 30.3 Å². The Bertz CT molecular complexity index is 479. The van der Waals surface area contributed by atoms with Crippen LogP contribution < -0.4 is 0 Å². The zero-order chi connectivity index (χ0) is 12.3. The molecule has 1 unspecified atom stereocenters. The molecular formula is C13H11NO3. The number of hydrogen-bond donors (Lipinski definition) is 0. The Hall–Kier alpha value is -2.23. The van der Waals surface area contributed by atoms with Gasteiger partial charge in [0.2, 0.25) is 5.91 Å². The molecule has 1 atom stereocenters. The molecule has 1 aromatic carbocycles. The molecule has 0 radical (unpaired) electrons. The van der Waals surface area contributed by atoms with Crippen molar-refractivity contribution in [1.82, 2.24) is 4.90 Å². The predicted octanol–water partition coefficient (Wildman–Crippen LogP) is 0.927. The summed E-state index contributed by atoms with van der Waals surface area (Å²) >= 11 is 0. The van der Waals surface area contributed by atoms with E-state index in [0.717, 1.165) is 5.56 Å². The smallest absolute Gasteiger partial charge is 0.245 e. The van der Waals surface area contributed by atoms with E-state index in [1.54, 1.807) is 0 Å². The topological polar surface area (TPSA) is 54.5 Å². The van der Waals surface area contributed by atoms with Crippen LogP contribution in [0.25, 0.3) is 0 Å². The number of ketones is 1. The largest absolute Gasteiger partial charge is 0.314 e. The number of rotatable bonds is 3. The van der Waals surface area contributed by atoms with Crippen LogP contribution in [-0.2, 0) is 20.9 Å². The van der Waals surface area contributed by atoms with Crippen LogP contribution in [0.3, 0.4) is 0 Å². The van der Waals surface area contributed by atoms with E-state index in [1.165, 1.54) is 17.2 Å². The zero-order valence-corrected chi connectivity index (χ0v) is 9.08. The minimum absolute atomic E-state index is 0.369. The summed E-state index contributed by atoms with van der Waals surface area (Å²) in [6.45, 7) is 0.369. The number of amides is 1. The average molecular weight is 229 g/mol. The van der Waals surface area contributed by atoms with Crippen LogP contribution in [0.15, 0.2) is 42.6 Å². The van der Waals surface area contributed by atoms with Crippen molar-refractivity contribution in [2.75, 3.05) is 0 Å². The number of carbonyl (C=O) groups is 3. The Kier molecular flexibility index (Phi) is 3.14. The fourth-order valence-electron chi connectivity index (χ4n) is 1.68. The van der Waals surface area contributed by atoms with E-state index >= 15 is 0 Å². The number of nitrogens with zero attached hydrogens (tertiary/aromatic N) is 1. The van der Waals surface area contributed by atoms with Crippen molar-refractivity contribution < 1.29 is 14.4 Å². The third-order valence-corrected chi connectivity index (χ3v) is 2.61. The summed E-state index contributed by atoms with van der Waals surface area (Å²) in [5.41, 5.74) is 0.949. The van der Waals surface area contributed by atoms with Gasteiger partial charge in [0.1, 0.15) is 6.29 Å². The van der Waals surface area contributed by atoms with Gasteiger partial charge < -0.3 is 9.69 Å². The van der Waals surface area contributed by atoms with Crippen molar-refractivity contribution in [2.45, 2.75) is 6.54 Å². The second-order valence-electron chi connectivity index (χ2n) is 3.78. The van der Waals surface area contributed by atoms with Gasteiger partial charge in [-0.15, -0.1) is 0 Å². The van der Waals surface area contributed by atoms with Gasteiger partial charge in [0.15, 0.2) is 11.7 Å². The van der Waals surface area contributed by atoms with E-state index in [2.05, 4.69) is 0 Å². The van der Waals surface area contributed by atoms with Crippen LogP contribution in [0.2, 0.25) is 0 Å². The number of benzene rings is 1. The average Bonchev–Trinajstić information content (AvgIpc) is 2.35. The Morgan fingerprint density at radius 1 is 1.18 bits per heavy atom. The van der Waals surface area contributed by atoms with Crippen LogP contribution in [0, 0.1) is 5.92 Å². The molecule has 0 N–H and O–H groups in total. The molecule has 0 aliphatic carbocycles. The molecule has 0 bridgehead atoms. The van der Waals surface area contributed by atoms with Crippen LogP contribution in [0.1, 0.15) is 5.56 Å². The normalized spacial score (nSPS) is 19.5. The van der Waals surface area contributed by atoms with Gasteiger partial charge in [-0.3, -0.25) is 9.59 Å². The minimum atomic E-state index is -1.18. The van der Waals surface area contributed by atoms with E-state index in [9.17, 15) is 14.4 Å². The molecule has 86 valence electrons. The molecule has 0 spiro atoms. The molecule has 1 heterocycles. The first kappa shape index (κ1) is 11.3. The lowest BCUT2D eigenvalue weighted by atomic mass is 10.0. The minimum Gasteiger partial charge on any atom is -0.314 e. The highest BCUT2D eigenvalue weighted by Crippen LogP contribution is 2.14. The molecule has 4 nitrogen and oxygen atoms in total. The van der Waals surface area contributed by atoms with Gasteiger partial charge in [0.25, 0.3) is 0 Å². The van der Waals surface area contributed by atoms with Gasteiger partial charge >= 0.3 is 0 Å². The Balaban J connectivity index is 2.18. The van der Waals surface area contributed by atoms with Crippen molar-refractivity contribution in [3.8, 4) is 0 Å². The van der Waals surface area contributed by atoms with Gasteiger partial charge in [0.05, 0.1) is 6.54 Å². The maximum Gasteiger partial charge on any atom is 0.245 e. The van der Waals surface area contributed by atoms with Crippen molar-refractivity contribution in [1.29, 1.82) is 0 Å². The SMILES string of the molecule is O=CC1C(=O)C=CN(Cc2ccccc2)C1=O. The molecule has 1 aliphatic heterocycles. The molecule has 17 heavy (non-hydrogen) atoms. The summed E-state index contributed by atoms with van der Waals surface area (Å²) in [7, 11) is 0. The summed E-state index contributed by atoms with van der Waals surface area (Å²) < 4.78 is 0. The fraction of sp³-hybridized carbons (Fsp3) is 0.154. The van der Waals surface area contributed by atoms with E-state index in [0.29, 0.717) is 12.8 Å². The second kappa shape index (κ2) is 4.74. The van der Waals surface area contributed by atoms with Crippen LogP contribution in [0.4, 0.5) is 0 Å². The number of aldehydes is 1. The van der Waals surface area contributed by atoms with Crippen LogP contribution in [-0.4, -0.2) is 22.9 Å². The fourth-order valence-corrected chi connectivity index (χ4v) is 1.68. The maximum atomic E-state index is 11.8. The predicted molar refractivity (Wildman–Crippen MR) is 60.7 cm³/mol. The Morgan fingerprint density at radius 2 is 1.88 bits per heavy atom.